The smallest absolute Gasteiger partial charge is 0.251 e. The fourth-order valence-corrected chi connectivity index (χ4v) is 3.32. The molecule has 2 N–H and O–H groups in total. The van der Waals surface area contributed by atoms with Crippen molar-refractivity contribution in [3.05, 3.63) is 70.2 Å². The van der Waals surface area contributed by atoms with Gasteiger partial charge in [0.1, 0.15) is 12.1 Å². The Morgan fingerprint density at radius 1 is 1.15 bits per heavy atom. The van der Waals surface area contributed by atoms with Crippen LogP contribution in [0, 0.1) is 0 Å². The van der Waals surface area contributed by atoms with E-state index in [2.05, 4.69) is 26.6 Å². The predicted molar refractivity (Wildman–Crippen MR) is 105 cm³/mol. The summed E-state index contributed by atoms with van der Waals surface area (Å²) in [6.45, 7) is 2.40. The first-order valence-electron chi connectivity index (χ1n) is 8.67. The van der Waals surface area contributed by atoms with Gasteiger partial charge in [0.05, 0.1) is 0 Å². The van der Waals surface area contributed by atoms with Crippen molar-refractivity contribution in [3.63, 3.8) is 0 Å². The number of hydrogen-bond donors (Lipinski definition) is 2. The Morgan fingerprint density at radius 3 is 2.48 bits per heavy atom. The van der Waals surface area contributed by atoms with Crippen LogP contribution in [0.2, 0.25) is 0 Å². The van der Waals surface area contributed by atoms with E-state index < -0.39 is 12.1 Å². The number of nitrogens with zero attached hydrogens (tertiary/aromatic N) is 1. The summed E-state index contributed by atoms with van der Waals surface area (Å²) >= 11 is 3.37. The van der Waals surface area contributed by atoms with Crippen LogP contribution < -0.4 is 10.6 Å². The Bertz CT molecular complexity index is 839. The summed E-state index contributed by atoms with van der Waals surface area (Å²) in [6.07, 6.45) is 0. The zero-order valence-corrected chi connectivity index (χ0v) is 16.4. The van der Waals surface area contributed by atoms with Gasteiger partial charge in [-0.25, -0.2) is 0 Å². The van der Waals surface area contributed by atoms with Gasteiger partial charge in [0, 0.05) is 23.1 Å². The molecular weight excluding hydrogens is 410 g/mol. The van der Waals surface area contributed by atoms with E-state index in [4.69, 9.17) is 0 Å². The second-order valence-electron chi connectivity index (χ2n) is 6.34. The highest BCUT2D eigenvalue weighted by Crippen LogP contribution is 2.25. The SMILES string of the molecule is C[C@@H](NC(=O)c1ccccc1)C(=O)N1CCNC(=O)[C@H]1c1ccc(Br)cc1. The van der Waals surface area contributed by atoms with Gasteiger partial charge >= 0.3 is 0 Å². The van der Waals surface area contributed by atoms with E-state index in [0.29, 0.717) is 18.7 Å². The molecule has 27 heavy (non-hydrogen) atoms. The van der Waals surface area contributed by atoms with Crippen LogP contribution in [-0.2, 0) is 9.59 Å². The fourth-order valence-electron chi connectivity index (χ4n) is 3.06. The van der Waals surface area contributed by atoms with Gasteiger partial charge in [-0.2, -0.15) is 0 Å². The van der Waals surface area contributed by atoms with Crippen LogP contribution in [0.1, 0.15) is 28.9 Å². The monoisotopic (exact) mass is 429 g/mol. The minimum atomic E-state index is -0.749. The van der Waals surface area contributed by atoms with Crippen molar-refractivity contribution in [2.75, 3.05) is 13.1 Å². The Balaban J connectivity index is 1.77. The van der Waals surface area contributed by atoms with Crippen LogP contribution in [0.15, 0.2) is 59.1 Å². The highest BCUT2D eigenvalue weighted by molar-refractivity contribution is 9.10. The summed E-state index contributed by atoms with van der Waals surface area (Å²) < 4.78 is 0.892. The normalized spacial score (nSPS) is 17.8. The molecule has 140 valence electrons. The molecule has 2 atom stereocenters. The summed E-state index contributed by atoms with van der Waals surface area (Å²) in [7, 11) is 0. The molecule has 3 rings (SSSR count). The number of nitrogens with one attached hydrogen (secondary N) is 2. The molecule has 2 aromatic carbocycles. The van der Waals surface area contributed by atoms with E-state index in [1.54, 1.807) is 31.2 Å². The number of hydrogen-bond acceptors (Lipinski definition) is 3. The maximum atomic E-state index is 13.0. The largest absolute Gasteiger partial charge is 0.352 e. The van der Waals surface area contributed by atoms with Gasteiger partial charge in [0.15, 0.2) is 0 Å². The Kier molecular flexibility index (Phi) is 5.91. The van der Waals surface area contributed by atoms with E-state index in [0.717, 1.165) is 10.0 Å². The number of halogens is 1. The van der Waals surface area contributed by atoms with Gasteiger partial charge < -0.3 is 15.5 Å². The van der Waals surface area contributed by atoms with Crippen LogP contribution in [0.4, 0.5) is 0 Å². The number of benzene rings is 2. The number of piperazine rings is 1. The first-order chi connectivity index (χ1) is 13.0. The molecule has 0 radical (unpaired) electrons. The fraction of sp³-hybridized carbons (Fsp3) is 0.250. The van der Waals surface area contributed by atoms with E-state index in [1.807, 2.05) is 30.3 Å². The molecule has 1 aliphatic heterocycles. The lowest BCUT2D eigenvalue weighted by Gasteiger charge is -2.36. The average Bonchev–Trinajstić information content (AvgIpc) is 2.68. The summed E-state index contributed by atoms with van der Waals surface area (Å²) in [5.41, 5.74) is 1.21. The van der Waals surface area contributed by atoms with Crippen molar-refractivity contribution >= 4 is 33.7 Å². The first-order valence-corrected chi connectivity index (χ1v) is 9.46. The molecule has 6 nitrogen and oxygen atoms in total. The number of carbonyl (C=O) groups excluding carboxylic acids is 3. The second-order valence-corrected chi connectivity index (χ2v) is 7.25. The van der Waals surface area contributed by atoms with Crippen LogP contribution in [0.5, 0.6) is 0 Å². The third kappa shape index (κ3) is 4.36. The van der Waals surface area contributed by atoms with Gasteiger partial charge in [0.25, 0.3) is 5.91 Å². The molecule has 3 amide bonds. The molecule has 1 saturated heterocycles. The minimum Gasteiger partial charge on any atom is -0.352 e. The number of carbonyl (C=O) groups is 3. The van der Waals surface area contributed by atoms with Crippen molar-refractivity contribution in [2.45, 2.75) is 19.0 Å². The molecule has 0 aliphatic carbocycles. The highest BCUT2D eigenvalue weighted by atomic mass is 79.9. The van der Waals surface area contributed by atoms with E-state index in [1.165, 1.54) is 4.90 Å². The van der Waals surface area contributed by atoms with Crippen LogP contribution in [0.25, 0.3) is 0 Å². The Hall–Kier alpha value is -2.67. The van der Waals surface area contributed by atoms with E-state index >= 15 is 0 Å². The molecule has 0 unspecified atom stereocenters. The molecule has 0 bridgehead atoms. The van der Waals surface area contributed by atoms with Crippen LogP contribution in [-0.4, -0.2) is 41.8 Å². The topological polar surface area (TPSA) is 78.5 Å². The second kappa shape index (κ2) is 8.35. The lowest BCUT2D eigenvalue weighted by Crippen LogP contribution is -2.56. The molecule has 1 heterocycles. The molecule has 1 aliphatic rings. The Labute approximate surface area is 166 Å². The van der Waals surface area contributed by atoms with Gasteiger partial charge in [-0.05, 0) is 36.8 Å². The molecule has 2 aromatic rings. The zero-order chi connectivity index (χ0) is 19.4. The maximum absolute atomic E-state index is 13.0. The number of amides is 3. The lowest BCUT2D eigenvalue weighted by atomic mass is 10.0. The third-order valence-electron chi connectivity index (χ3n) is 4.43. The van der Waals surface area contributed by atoms with Crippen molar-refractivity contribution < 1.29 is 14.4 Å². The number of rotatable bonds is 4. The first kappa shape index (κ1) is 19.1. The van der Waals surface area contributed by atoms with Gasteiger partial charge in [-0.15, -0.1) is 0 Å². The summed E-state index contributed by atoms with van der Waals surface area (Å²) in [5, 5.41) is 5.52. The molecular formula is C20H20BrN3O3. The molecule has 0 saturated carbocycles. The van der Waals surface area contributed by atoms with E-state index in [-0.39, 0.29) is 17.7 Å². The Morgan fingerprint density at radius 2 is 1.81 bits per heavy atom. The molecule has 7 heteroatoms. The van der Waals surface area contributed by atoms with Gasteiger partial charge in [-0.3, -0.25) is 14.4 Å². The molecule has 0 aromatic heterocycles. The third-order valence-corrected chi connectivity index (χ3v) is 4.96. The van der Waals surface area contributed by atoms with Crippen molar-refractivity contribution in [3.8, 4) is 0 Å². The van der Waals surface area contributed by atoms with Crippen molar-refractivity contribution in [2.24, 2.45) is 0 Å². The van der Waals surface area contributed by atoms with Crippen molar-refractivity contribution in [1.29, 1.82) is 0 Å². The summed E-state index contributed by atoms with van der Waals surface area (Å²) in [4.78, 5) is 39.3. The van der Waals surface area contributed by atoms with Gasteiger partial charge in [0.2, 0.25) is 11.8 Å². The van der Waals surface area contributed by atoms with E-state index in [9.17, 15) is 14.4 Å². The van der Waals surface area contributed by atoms with Crippen LogP contribution in [0.3, 0.4) is 0 Å². The van der Waals surface area contributed by atoms with Crippen molar-refractivity contribution in [1.82, 2.24) is 15.5 Å². The summed E-state index contributed by atoms with van der Waals surface area (Å²) in [5.74, 6) is -0.835. The standard InChI is InChI=1S/C20H20BrN3O3/c1-13(23-18(25)15-5-3-2-4-6-15)20(27)24-12-11-22-19(26)17(24)14-7-9-16(21)10-8-14/h2-10,13,17H,11-12H2,1H3,(H,22,26)(H,23,25)/t13-,17-/m1/s1. The molecule has 0 spiro atoms. The summed E-state index contributed by atoms with van der Waals surface area (Å²) in [6, 6.07) is 14.6. The predicted octanol–water partition coefficient (Wildman–Crippen LogP) is 2.27. The van der Waals surface area contributed by atoms with Crippen LogP contribution >= 0.6 is 15.9 Å². The maximum Gasteiger partial charge on any atom is 0.251 e. The van der Waals surface area contributed by atoms with Gasteiger partial charge in [-0.1, -0.05) is 46.3 Å². The average molecular weight is 430 g/mol. The zero-order valence-electron chi connectivity index (χ0n) is 14.8. The quantitative estimate of drug-likeness (QED) is 0.782. The molecule has 1 fully saturated rings. The minimum absolute atomic E-state index is 0.224. The highest BCUT2D eigenvalue weighted by Gasteiger charge is 2.36. The lowest BCUT2D eigenvalue weighted by molar-refractivity contribution is -0.144.